The van der Waals surface area contributed by atoms with E-state index in [0.717, 1.165) is 11.4 Å². The molecule has 0 fully saturated rings. The summed E-state index contributed by atoms with van der Waals surface area (Å²) in [5.41, 5.74) is 1.37. The van der Waals surface area contributed by atoms with Crippen LogP contribution >= 0.6 is 11.6 Å². The van der Waals surface area contributed by atoms with Gasteiger partial charge in [0.2, 0.25) is 11.0 Å². The van der Waals surface area contributed by atoms with Crippen LogP contribution < -0.4 is 4.90 Å². The first kappa shape index (κ1) is 14.1. The van der Waals surface area contributed by atoms with E-state index >= 15 is 0 Å². The van der Waals surface area contributed by atoms with Gasteiger partial charge in [-0.2, -0.15) is 0 Å². The Kier molecular flexibility index (Phi) is 4.09. The molecule has 7 nitrogen and oxygen atoms in total. The summed E-state index contributed by atoms with van der Waals surface area (Å²) in [6, 6.07) is 5.61. The Morgan fingerprint density at radius 1 is 1.40 bits per heavy atom. The van der Waals surface area contributed by atoms with Crippen LogP contribution in [0.4, 0.5) is 11.5 Å². The summed E-state index contributed by atoms with van der Waals surface area (Å²) in [5.74, 6) is 0.165. The molecule has 0 aromatic carbocycles. The van der Waals surface area contributed by atoms with Gasteiger partial charge < -0.3 is 4.90 Å². The molecule has 0 N–H and O–H groups in total. The third kappa shape index (κ3) is 3.00. The Morgan fingerprint density at radius 3 is 2.80 bits per heavy atom. The lowest BCUT2D eigenvalue weighted by atomic mass is 10.3. The van der Waals surface area contributed by atoms with E-state index in [1.807, 2.05) is 25.1 Å². The van der Waals surface area contributed by atoms with Gasteiger partial charge in [-0.3, -0.25) is 15.1 Å². The van der Waals surface area contributed by atoms with Gasteiger partial charge in [-0.25, -0.2) is 9.97 Å². The lowest BCUT2D eigenvalue weighted by Gasteiger charge is -2.17. The molecule has 0 saturated carbocycles. The molecule has 0 spiro atoms. The smallest absolute Gasteiger partial charge is 0.348 e. The molecule has 0 saturated heterocycles. The van der Waals surface area contributed by atoms with Gasteiger partial charge in [0.15, 0.2) is 0 Å². The molecule has 0 aliphatic heterocycles. The van der Waals surface area contributed by atoms with Crippen LogP contribution in [0.15, 0.2) is 24.5 Å². The molecule has 2 aromatic heterocycles. The summed E-state index contributed by atoms with van der Waals surface area (Å²) >= 11 is 5.76. The normalized spacial score (nSPS) is 10.3. The Balaban J connectivity index is 2.32. The molecule has 2 heterocycles. The molecule has 8 heteroatoms. The maximum atomic E-state index is 11.1. The number of rotatable bonds is 4. The molecule has 0 unspecified atom stereocenters. The number of hydrogen-bond donors (Lipinski definition) is 0. The van der Waals surface area contributed by atoms with Gasteiger partial charge >= 0.3 is 5.69 Å². The minimum atomic E-state index is -0.585. The average Bonchev–Trinajstić information content (AvgIpc) is 2.37. The third-order valence-corrected chi connectivity index (χ3v) is 2.92. The van der Waals surface area contributed by atoms with Crippen LogP contribution in [-0.2, 0) is 6.54 Å². The monoisotopic (exact) mass is 293 g/mol. The second kappa shape index (κ2) is 5.79. The number of aromatic nitrogens is 3. The fourth-order valence-electron chi connectivity index (χ4n) is 1.79. The van der Waals surface area contributed by atoms with E-state index in [2.05, 4.69) is 15.0 Å². The Hall–Kier alpha value is -2.28. The number of anilines is 1. The topological polar surface area (TPSA) is 85.0 Å². The van der Waals surface area contributed by atoms with Gasteiger partial charge in [0, 0.05) is 12.7 Å². The summed E-state index contributed by atoms with van der Waals surface area (Å²) in [6.07, 6.45) is 1.20. The Morgan fingerprint density at radius 2 is 2.15 bits per heavy atom. The molecule has 0 radical (unpaired) electrons. The van der Waals surface area contributed by atoms with Crippen LogP contribution in [0.3, 0.4) is 0 Å². The lowest BCUT2D eigenvalue weighted by Crippen LogP contribution is -2.20. The predicted octanol–water partition coefficient (Wildman–Crippen LogP) is 2.38. The average molecular weight is 294 g/mol. The number of halogens is 1. The maximum Gasteiger partial charge on any atom is 0.348 e. The van der Waals surface area contributed by atoms with Gasteiger partial charge in [-0.1, -0.05) is 17.7 Å². The van der Waals surface area contributed by atoms with Gasteiger partial charge in [0.25, 0.3) is 0 Å². The summed E-state index contributed by atoms with van der Waals surface area (Å²) < 4.78 is 0. The van der Waals surface area contributed by atoms with Crippen LogP contribution in [0, 0.1) is 17.0 Å². The standard InChI is InChI=1S/C12H12ClN5O2/c1-8-4-3-5-9(16-8)6-17(2)12-10(18(19)20)11(13)14-7-15-12/h3-5,7H,6H2,1-2H3. The zero-order valence-corrected chi connectivity index (χ0v) is 11.7. The molecule has 0 aliphatic carbocycles. The van der Waals surface area contributed by atoms with E-state index in [-0.39, 0.29) is 16.7 Å². The summed E-state index contributed by atoms with van der Waals surface area (Å²) in [4.78, 5) is 24.0. The van der Waals surface area contributed by atoms with Crippen molar-refractivity contribution in [1.29, 1.82) is 0 Å². The number of nitrogens with zero attached hydrogens (tertiary/aromatic N) is 5. The number of aryl methyl sites for hydroxylation is 1. The first-order valence-corrected chi connectivity index (χ1v) is 6.15. The first-order chi connectivity index (χ1) is 9.49. The van der Waals surface area contributed by atoms with E-state index in [1.54, 1.807) is 11.9 Å². The predicted molar refractivity (Wildman–Crippen MR) is 74.8 cm³/mol. The second-order valence-electron chi connectivity index (χ2n) is 4.22. The molecule has 2 aromatic rings. The van der Waals surface area contributed by atoms with Gasteiger partial charge in [-0.05, 0) is 19.1 Å². The highest BCUT2D eigenvalue weighted by Crippen LogP contribution is 2.31. The van der Waals surface area contributed by atoms with E-state index in [1.165, 1.54) is 6.33 Å². The van der Waals surface area contributed by atoms with Gasteiger partial charge in [0.1, 0.15) is 6.33 Å². The first-order valence-electron chi connectivity index (χ1n) is 5.77. The second-order valence-corrected chi connectivity index (χ2v) is 4.58. The Labute approximate surface area is 120 Å². The van der Waals surface area contributed by atoms with Crippen molar-refractivity contribution in [3.05, 3.63) is 51.2 Å². The molecule has 0 amide bonds. The van der Waals surface area contributed by atoms with Crippen LogP contribution in [0.2, 0.25) is 5.15 Å². The van der Waals surface area contributed by atoms with Crippen molar-refractivity contribution in [3.8, 4) is 0 Å². The lowest BCUT2D eigenvalue weighted by molar-refractivity contribution is -0.384. The Bertz CT molecular complexity index is 649. The molecule has 2 rings (SSSR count). The van der Waals surface area contributed by atoms with Crippen molar-refractivity contribution >= 4 is 23.1 Å². The number of hydrogen-bond acceptors (Lipinski definition) is 6. The van der Waals surface area contributed by atoms with Crippen LogP contribution in [-0.4, -0.2) is 26.9 Å². The van der Waals surface area contributed by atoms with E-state index in [0.29, 0.717) is 6.54 Å². The number of nitro groups is 1. The summed E-state index contributed by atoms with van der Waals surface area (Å²) in [5, 5.41) is 10.9. The largest absolute Gasteiger partial charge is 0.348 e. The van der Waals surface area contributed by atoms with E-state index in [9.17, 15) is 10.1 Å². The SMILES string of the molecule is Cc1cccc(CN(C)c2ncnc(Cl)c2[N+](=O)[O-])n1. The molecular weight excluding hydrogens is 282 g/mol. The van der Waals surface area contributed by atoms with Crippen molar-refractivity contribution in [1.82, 2.24) is 15.0 Å². The van der Waals surface area contributed by atoms with Gasteiger partial charge in [-0.15, -0.1) is 0 Å². The van der Waals surface area contributed by atoms with Crippen molar-refractivity contribution in [2.45, 2.75) is 13.5 Å². The minimum Gasteiger partial charge on any atom is -0.348 e. The number of pyridine rings is 1. The highest BCUT2D eigenvalue weighted by Gasteiger charge is 2.24. The fourth-order valence-corrected chi connectivity index (χ4v) is 1.99. The molecule has 0 atom stereocenters. The summed E-state index contributed by atoms with van der Waals surface area (Å²) in [7, 11) is 1.69. The van der Waals surface area contributed by atoms with Crippen LogP contribution in [0.25, 0.3) is 0 Å². The third-order valence-electron chi connectivity index (χ3n) is 2.65. The zero-order chi connectivity index (χ0) is 14.7. The molecule has 0 bridgehead atoms. The van der Waals surface area contributed by atoms with E-state index in [4.69, 9.17) is 11.6 Å². The quantitative estimate of drug-likeness (QED) is 0.489. The highest BCUT2D eigenvalue weighted by atomic mass is 35.5. The highest BCUT2D eigenvalue weighted by molar-refractivity contribution is 6.31. The minimum absolute atomic E-state index is 0.165. The van der Waals surface area contributed by atoms with Gasteiger partial charge in [0.05, 0.1) is 17.2 Å². The van der Waals surface area contributed by atoms with Crippen molar-refractivity contribution in [3.63, 3.8) is 0 Å². The van der Waals surface area contributed by atoms with Crippen molar-refractivity contribution in [2.24, 2.45) is 0 Å². The van der Waals surface area contributed by atoms with Crippen LogP contribution in [0.5, 0.6) is 0 Å². The molecule has 0 aliphatic rings. The van der Waals surface area contributed by atoms with Crippen molar-refractivity contribution in [2.75, 3.05) is 11.9 Å². The molecular formula is C12H12ClN5O2. The maximum absolute atomic E-state index is 11.1. The molecule has 20 heavy (non-hydrogen) atoms. The van der Waals surface area contributed by atoms with E-state index < -0.39 is 4.92 Å². The van der Waals surface area contributed by atoms with Crippen molar-refractivity contribution < 1.29 is 4.92 Å². The zero-order valence-electron chi connectivity index (χ0n) is 10.9. The fraction of sp³-hybridized carbons (Fsp3) is 0.250. The summed E-state index contributed by atoms with van der Waals surface area (Å²) in [6.45, 7) is 2.27. The van der Waals surface area contributed by atoms with Crippen LogP contribution in [0.1, 0.15) is 11.4 Å². The molecule has 104 valence electrons.